The molecule has 4 rings (SSSR count). The molecule has 2 saturated carbocycles. The molecule has 1 aromatic rings. The van der Waals surface area contributed by atoms with Crippen LogP contribution in [0.5, 0.6) is 0 Å². The number of aliphatic imine (C=N–C) groups is 1. The summed E-state index contributed by atoms with van der Waals surface area (Å²) in [4.78, 5) is 4.78. The smallest absolute Gasteiger partial charge is 0.192 e. The molecule has 0 radical (unpaired) electrons. The van der Waals surface area contributed by atoms with E-state index in [1.54, 1.807) is 0 Å². The van der Waals surface area contributed by atoms with Crippen LogP contribution in [0.1, 0.15) is 44.8 Å². The molecular weight excluding hydrogens is 304 g/mol. The van der Waals surface area contributed by atoms with E-state index < -0.39 is 0 Å². The predicted molar refractivity (Wildman–Crippen MR) is 91.6 cm³/mol. The average molecular weight is 332 g/mol. The van der Waals surface area contributed by atoms with Gasteiger partial charge in [0.1, 0.15) is 12.4 Å². The fourth-order valence-corrected chi connectivity index (χ4v) is 4.06. The normalized spacial score (nSPS) is 31.5. The van der Waals surface area contributed by atoms with E-state index in [4.69, 9.17) is 9.73 Å². The number of aryl methyl sites for hydroxylation is 1. The zero-order chi connectivity index (χ0) is 16.9. The molecule has 2 N–H and O–H groups in total. The lowest BCUT2D eigenvalue weighted by atomic mass is 9.57. The molecule has 7 nitrogen and oxygen atoms in total. The molecule has 3 fully saturated rings. The van der Waals surface area contributed by atoms with Crippen LogP contribution in [0.2, 0.25) is 0 Å². The summed E-state index contributed by atoms with van der Waals surface area (Å²) >= 11 is 0. The Balaban J connectivity index is 1.47. The molecule has 0 bridgehead atoms. The number of nitrogens with zero attached hydrogens (tertiary/aromatic N) is 4. The molecule has 3 unspecified atom stereocenters. The van der Waals surface area contributed by atoms with Crippen molar-refractivity contribution in [3.8, 4) is 0 Å². The number of rotatable bonds is 4. The van der Waals surface area contributed by atoms with Crippen LogP contribution in [0.4, 0.5) is 0 Å². The van der Waals surface area contributed by atoms with Crippen LogP contribution >= 0.6 is 0 Å². The van der Waals surface area contributed by atoms with E-state index in [9.17, 15) is 0 Å². The van der Waals surface area contributed by atoms with Crippen LogP contribution in [0.25, 0.3) is 0 Å². The van der Waals surface area contributed by atoms with Crippen molar-refractivity contribution in [3.63, 3.8) is 0 Å². The molecule has 0 spiro atoms. The molecule has 1 saturated heterocycles. The molecule has 1 aromatic heterocycles. The maximum atomic E-state index is 5.90. The van der Waals surface area contributed by atoms with Crippen molar-refractivity contribution in [2.45, 2.75) is 64.8 Å². The first kappa shape index (κ1) is 15.9. The fraction of sp³-hybridized carbons (Fsp3) is 0.824. The molecular formula is C17H28N6O. The van der Waals surface area contributed by atoms with Crippen molar-refractivity contribution in [2.75, 3.05) is 6.61 Å². The highest BCUT2D eigenvalue weighted by atomic mass is 16.5. The van der Waals surface area contributed by atoms with E-state index in [0.29, 0.717) is 30.7 Å². The van der Waals surface area contributed by atoms with Gasteiger partial charge in [-0.05, 0) is 26.2 Å². The Morgan fingerprint density at radius 3 is 2.75 bits per heavy atom. The Bertz CT molecular complexity index is 648. The van der Waals surface area contributed by atoms with Gasteiger partial charge < -0.3 is 19.9 Å². The van der Waals surface area contributed by atoms with Crippen LogP contribution in [-0.4, -0.2) is 45.5 Å². The van der Waals surface area contributed by atoms with E-state index in [1.165, 1.54) is 12.8 Å². The second kappa shape index (κ2) is 5.72. The molecule has 132 valence electrons. The standard InChI is InChI=1S/C17H28N6O/c1-10-21-22-13(23(10)4)9-18-16(19-11-5-6-11)20-14-12-7-8-24-15(12)17(14,2)3/h11-12,14-15H,5-9H2,1-4H3,(H2,18,19,20). The number of hydrogen-bond donors (Lipinski definition) is 2. The molecule has 0 aromatic carbocycles. The van der Waals surface area contributed by atoms with E-state index >= 15 is 0 Å². The number of hydrogen-bond acceptors (Lipinski definition) is 4. The quantitative estimate of drug-likeness (QED) is 0.639. The van der Waals surface area contributed by atoms with Crippen molar-refractivity contribution in [1.82, 2.24) is 25.4 Å². The molecule has 0 amide bonds. The minimum atomic E-state index is 0.147. The molecule has 7 heteroatoms. The Kier molecular flexibility index (Phi) is 3.78. The number of nitrogens with one attached hydrogen (secondary N) is 2. The Hall–Kier alpha value is -1.63. The van der Waals surface area contributed by atoms with Crippen LogP contribution in [0.3, 0.4) is 0 Å². The Labute approximate surface area is 143 Å². The molecule has 2 aliphatic carbocycles. The van der Waals surface area contributed by atoms with Crippen molar-refractivity contribution >= 4 is 5.96 Å². The summed E-state index contributed by atoms with van der Waals surface area (Å²) in [6.07, 6.45) is 3.99. The second-order valence-corrected chi connectivity index (χ2v) is 7.99. The van der Waals surface area contributed by atoms with Crippen molar-refractivity contribution in [2.24, 2.45) is 23.4 Å². The van der Waals surface area contributed by atoms with Gasteiger partial charge in [0.05, 0.1) is 6.10 Å². The zero-order valence-electron chi connectivity index (χ0n) is 15.0. The zero-order valence-corrected chi connectivity index (χ0v) is 15.0. The number of guanidine groups is 1. The predicted octanol–water partition coefficient (Wildman–Crippen LogP) is 1.13. The summed E-state index contributed by atoms with van der Waals surface area (Å²) in [6.45, 7) is 7.96. The highest BCUT2D eigenvalue weighted by Crippen LogP contribution is 2.52. The molecule has 3 atom stereocenters. The van der Waals surface area contributed by atoms with E-state index in [0.717, 1.165) is 30.6 Å². The molecule has 1 aliphatic heterocycles. The van der Waals surface area contributed by atoms with Gasteiger partial charge in [-0.25, -0.2) is 4.99 Å². The van der Waals surface area contributed by atoms with Crippen molar-refractivity contribution < 1.29 is 4.74 Å². The minimum Gasteiger partial charge on any atom is -0.377 e. The van der Waals surface area contributed by atoms with Crippen LogP contribution in [0.15, 0.2) is 4.99 Å². The Morgan fingerprint density at radius 1 is 1.29 bits per heavy atom. The largest absolute Gasteiger partial charge is 0.377 e. The van der Waals surface area contributed by atoms with Gasteiger partial charge in [-0.1, -0.05) is 13.8 Å². The molecule has 24 heavy (non-hydrogen) atoms. The summed E-state index contributed by atoms with van der Waals surface area (Å²) in [5.41, 5.74) is 0.147. The second-order valence-electron chi connectivity index (χ2n) is 7.99. The van der Waals surface area contributed by atoms with Gasteiger partial charge in [0.2, 0.25) is 0 Å². The summed E-state index contributed by atoms with van der Waals surface area (Å²) in [6, 6.07) is 0.979. The maximum absolute atomic E-state index is 5.90. The third-order valence-corrected chi connectivity index (χ3v) is 5.87. The third kappa shape index (κ3) is 2.68. The monoisotopic (exact) mass is 332 g/mol. The van der Waals surface area contributed by atoms with Gasteiger partial charge >= 0.3 is 0 Å². The summed E-state index contributed by atoms with van der Waals surface area (Å²) in [5, 5.41) is 15.5. The summed E-state index contributed by atoms with van der Waals surface area (Å²) < 4.78 is 7.89. The summed E-state index contributed by atoms with van der Waals surface area (Å²) in [5.74, 6) is 3.31. The highest BCUT2D eigenvalue weighted by molar-refractivity contribution is 5.81. The third-order valence-electron chi connectivity index (χ3n) is 5.87. The maximum Gasteiger partial charge on any atom is 0.192 e. The lowest BCUT2D eigenvalue weighted by Crippen LogP contribution is -2.68. The van der Waals surface area contributed by atoms with E-state index in [-0.39, 0.29) is 5.41 Å². The van der Waals surface area contributed by atoms with Crippen LogP contribution in [0, 0.1) is 18.3 Å². The van der Waals surface area contributed by atoms with Gasteiger partial charge in [-0.15, -0.1) is 10.2 Å². The number of aromatic nitrogens is 3. The van der Waals surface area contributed by atoms with E-state index in [2.05, 4.69) is 34.7 Å². The van der Waals surface area contributed by atoms with Gasteiger partial charge in [-0.3, -0.25) is 0 Å². The van der Waals surface area contributed by atoms with Gasteiger partial charge in [0, 0.05) is 37.1 Å². The van der Waals surface area contributed by atoms with E-state index in [1.807, 2.05) is 18.5 Å². The molecule has 3 aliphatic rings. The van der Waals surface area contributed by atoms with Crippen molar-refractivity contribution in [1.29, 1.82) is 0 Å². The average Bonchev–Trinajstić information content (AvgIpc) is 3.15. The highest BCUT2D eigenvalue weighted by Gasteiger charge is 2.59. The molecule has 2 heterocycles. The number of ether oxygens (including phenoxy) is 1. The number of fused-ring (bicyclic) bond motifs is 1. The minimum absolute atomic E-state index is 0.147. The lowest BCUT2D eigenvalue weighted by molar-refractivity contribution is -0.106. The van der Waals surface area contributed by atoms with Crippen molar-refractivity contribution in [3.05, 3.63) is 11.6 Å². The first-order valence-corrected chi connectivity index (χ1v) is 9.01. The SMILES string of the molecule is Cc1nnc(CN=C(NC2CC2)NC2C3CCOC3C2(C)C)n1C. The fourth-order valence-electron chi connectivity index (χ4n) is 4.06. The Morgan fingerprint density at radius 2 is 2.08 bits per heavy atom. The van der Waals surface area contributed by atoms with Gasteiger partial charge in [0.15, 0.2) is 11.8 Å². The topological polar surface area (TPSA) is 76.4 Å². The first-order chi connectivity index (χ1) is 11.5. The van der Waals surface area contributed by atoms with Gasteiger partial charge in [0.25, 0.3) is 0 Å². The lowest BCUT2D eigenvalue weighted by Gasteiger charge is -2.55. The van der Waals surface area contributed by atoms with Crippen LogP contribution in [-0.2, 0) is 18.3 Å². The summed E-state index contributed by atoms with van der Waals surface area (Å²) in [7, 11) is 1.98. The van der Waals surface area contributed by atoms with Gasteiger partial charge in [-0.2, -0.15) is 0 Å². The first-order valence-electron chi connectivity index (χ1n) is 9.01. The van der Waals surface area contributed by atoms with Crippen LogP contribution < -0.4 is 10.6 Å².